The molecular formula is C17H18BrCl. The smallest absolute Gasteiger partial charge is 0.0438 e. The van der Waals surface area contributed by atoms with Crippen molar-refractivity contribution in [2.75, 3.05) is 0 Å². The molecule has 0 N–H and O–H groups in total. The van der Waals surface area contributed by atoms with E-state index in [1.807, 2.05) is 12.1 Å². The normalized spacial score (nSPS) is 12.5. The van der Waals surface area contributed by atoms with Gasteiger partial charge in [0.25, 0.3) is 0 Å². The summed E-state index contributed by atoms with van der Waals surface area (Å²) in [6, 6.07) is 12.8. The minimum absolute atomic E-state index is 0.326. The van der Waals surface area contributed by atoms with Crippen LogP contribution >= 0.6 is 27.5 Å². The van der Waals surface area contributed by atoms with Crippen LogP contribution < -0.4 is 0 Å². The third-order valence-electron chi connectivity index (χ3n) is 3.56. The standard InChI is InChI=1S/C17H18BrCl/c1-11-4-5-14(8-12(11)2)10-17(18)16-7-6-15(19)9-13(16)3/h4-9,17H,10H2,1-3H3. The Balaban J connectivity index is 2.20. The average molecular weight is 338 g/mol. The highest BCUT2D eigenvalue weighted by Gasteiger charge is 2.11. The predicted molar refractivity (Wildman–Crippen MR) is 87.5 cm³/mol. The molecule has 0 heterocycles. The van der Waals surface area contributed by atoms with Gasteiger partial charge in [0.1, 0.15) is 0 Å². The van der Waals surface area contributed by atoms with Crippen LogP contribution in [0.1, 0.15) is 32.6 Å². The monoisotopic (exact) mass is 336 g/mol. The lowest BCUT2D eigenvalue weighted by Crippen LogP contribution is -1.98. The third-order valence-corrected chi connectivity index (χ3v) is 4.61. The largest absolute Gasteiger partial charge is 0.0843 e. The molecule has 2 heteroatoms. The maximum atomic E-state index is 6.00. The van der Waals surface area contributed by atoms with Gasteiger partial charge >= 0.3 is 0 Å². The molecule has 100 valence electrons. The lowest BCUT2D eigenvalue weighted by molar-refractivity contribution is 0.935. The van der Waals surface area contributed by atoms with Crippen molar-refractivity contribution in [2.24, 2.45) is 0 Å². The second-order valence-electron chi connectivity index (χ2n) is 5.09. The van der Waals surface area contributed by atoms with Crippen LogP contribution in [0.3, 0.4) is 0 Å². The van der Waals surface area contributed by atoms with E-state index in [0.717, 1.165) is 11.4 Å². The van der Waals surface area contributed by atoms with E-state index >= 15 is 0 Å². The number of hydrogen-bond donors (Lipinski definition) is 0. The van der Waals surface area contributed by atoms with Crippen LogP contribution in [-0.2, 0) is 6.42 Å². The highest BCUT2D eigenvalue weighted by Crippen LogP contribution is 2.31. The SMILES string of the molecule is Cc1ccc(CC(Br)c2ccc(Cl)cc2C)cc1C. The first-order valence-electron chi connectivity index (χ1n) is 6.43. The molecule has 0 amide bonds. The summed E-state index contributed by atoms with van der Waals surface area (Å²) in [6.45, 7) is 6.42. The maximum absolute atomic E-state index is 6.00. The van der Waals surface area contributed by atoms with Crippen molar-refractivity contribution in [1.29, 1.82) is 0 Å². The van der Waals surface area contributed by atoms with Gasteiger partial charge in [-0.3, -0.25) is 0 Å². The molecule has 0 saturated heterocycles. The summed E-state index contributed by atoms with van der Waals surface area (Å²) in [5.74, 6) is 0. The lowest BCUT2D eigenvalue weighted by atomic mass is 9.98. The molecule has 2 rings (SSSR count). The number of rotatable bonds is 3. The van der Waals surface area contributed by atoms with E-state index in [4.69, 9.17) is 11.6 Å². The summed E-state index contributed by atoms with van der Waals surface area (Å²) < 4.78 is 0. The van der Waals surface area contributed by atoms with Gasteiger partial charge < -0.3 is 0 Å². The Morgan fingerprint density at radius 2 is 1.68 bits per heavy atom. The van der Waals surface area contributed by atoms with E-state index in [2.05, 4.69) is 61.0 Å². The summed E-state index contributed by atoms with van der Waals surface area (Å²) in [4.78, 5) is 0.326. The molecule has 1 unspecified atom stereocenters. The van der Waals surface area contributed by atoms with Crippen molar-refractivity contribution in [3.05, 3.63) is 69.2 Å². The second-order valence-corrected chi connectivity index (χ2v) is 6.63. The highest BCUT2D eigenvalue weighted by atomic mass is 79.9. The molecule has 2 aromatic carbocycles. The van der Waals surface area contributed by atoms with Crippen LogP contribution in [0, 0.1) is 20.8 Å². The van der Waals surface area contributed by atoms with Gasteiger partial charge in [-0.15, -0.1) is 0 Å². The minimum Gasteiger partial charge on any atom is -0.0843 e. The van der Waals surface area contributed by atoms with Gasteiger partial charge in [-0.2, -0.15) is 0 Å². The van der Waals surface area contributed by atoms with Crippen molar-refractivity contribution in [3.63, 3.8) is 0 Å². The number of halogens is 2. The van der Waals surface area contributed by atoms with E-state index in [9.17, 15) is 0 Å². The Labute approximate surface area is 128 Å². The molecule has 19 heavy (non-hydrogen) atoms. The molecule has 0 aliphatic heterocycles. The number of hydrogen-bond acceptors (Lipinski definition) is 0. The van der Waals surface area contributed by atoms with E-state index in [-0.39, 0.29) is 0 Å². The number of alkyl halides is 1. The number of benzene rings is 2. The van der Waals surface area contributed by atoms with E-state index < -0.39 is 0 Å². The Morgan fingerprint density at radius 1 is 0.947 bits per heavy atom. The fourth-order valence-corrected chi connectivity index (χ4v) is 3.35. The van der Waals surface area contributed by atoms with Crippen LogP contribution in [0.5, 0.6) is 0 Å². The van der Waals surface area contributed by atoms with Crippen LogP contribution in [0.25, 0.3) is 0 Å². The van der Waals surface area contributed by atoms with Crippen molar-refractivity contribution in [3.8, 4) is 0 Å². The maximum Gasteiger partial charge on any atom is 0.0438 e. The minimum atomic E-state index is 0.326. The van der Waals surface area contributed by atoms with Gasteiger partial charge in [0.05, 0.1) is 0 Å². The molecule has 0 aromatic heterocycles. The molecule has 0 bridgehead atoms. The van der Waals surface area contributed by atoms with Gasteiger partial charge in [-0.1, -0.05) is 51.8 Å². The number of aryl methyl sites for hydroxylation is 3. The average Bonchev–Trinajstić information content (AvgIpc) is 2.33. The van der Waals surface area contributed by atoms with Crippen LogP contribution in [0.15, 0.2) is 36.4 Å². The van der Waals surface area contributed by atoms with Crippen molar-refractivity contribution in [1.82, 2.24) is 0 Å². The first kappa shape index (κ1) is 14.6. The third kappa shape index (κ3) is 3.61. The van der Waals surface area contributed by atoms with Crippen molar-refractivity contribution >= 4 is 27.5 Å². The van der Waals surface area contributed by atoms with Crippen molar-refractivity contribution in [2.45, 2.75) is 32.0 Å². The van der Waals surface area contributed by atoms with E-state index in [0.29, 0.717) is 4.83 Å². The van der Waals surface area contributed by atoms with Gasteiger partial charge in [0.15, 0.2) is 0 Å². The van der Waals surface area contributed by atoms with Gasteiger partial charge in [0, 0.05) is 9.85 Å². The van der Waals surface area contributed by atoms with Crippen LogP contribution in [-0.4, -0.2) is 0 Å². The Kier molecular flexibility index (Phi) is 4.70. The Morgan fingerprint density at radius 3 is 2.32 bits per heavy atom. The second kappa shape index (κ2) is 6.11. The molecule has 0 radical (unpaired) electrons. The summed E-state index contributed by atoms with van der Waals surface area (Å²) in [6.07, 6.45) is 0.990. The Hall–Kier alpha value is -0.790. The van der Waals surface area contributed by atoms with E-state index in [1.54, 1.807) is 0 Å². The summed E-state index contributed by atoms with van der Waals surface area (Å²) >= 11 is 9.80. The molecule has 0 aliphatic rings. The topological polar surface area (TPSA) is 0 Å². The van der Waals surface area contributed by atoms with Crippen LogP contribution in [0.4, 0.5) is 0 Å². The fourth-order valence-electron chi connectivity index (χ4n) is 2.24. The molecule has 0 saturated carbocycles. The highest BCUT2D eigenvalue weighted by molar-refractivity contribution is 9.09. The quantitative estimate of drug-likeness (QED) is 0.608. The first-order valence-corrected chi connectivity index (χ1v) is 7.73. The molecule has 0 aliphatic carbocycles. The molecule has 0 fully saturated rings. The van der Waals surface area contributed by atoms with Crippen molar-refractivity contribution < 1.29 is 0 Å². The summed E-state index contributed by atoms with van der Waals surface area (Å²) in [5, 5.41) is 0.798. The van der Waals surface area contributed by atoms with E-state index in [1.165, 1.54) is 27.8 Å². The molecule has 0 nitrogen and oxygen atoms in total. The predicted octanol–water partition coefficient (Wildman–Crippen LogP) is 5.94. The zero-order valence-electron chi connectivity index (χ0n) is 11.5. The summed E-state index contributed by atoms with van der Waals surface area (Å²) in [7, 11) is 0. The lowest BCUT2D eigenvalue weighted by Gasteiger charge is -2.14. The molecule has 0 spiro atoms. The molecular weight excluding hydrogens is 320 g/mol. The first-order chi connectivity index (χ1) is 8.97. The van der Waals surface area contributed by atoms with Crippen LogP contribution in [0.2, 0.25) is 5.02 Å². The zero-order valence-corrected chi connectivity index (χ0v) is 13.8. The molecule has 2 aromatic rings. The Bertz CT molecular complexity index is 590. The molecule has 1 atom stereocenters. The zero-order chi connectivity index (χ0) is 14.0. The van der Waals surface area contributed by atoms with Gasteiger partial charge in [-0.05, 0) is 67.1 Å². The van der Waals surface area contributed by atoms with Gasteiger partial charge in [0.2, 0.25) is 0 Å². The van der Waals surface area contributed by atoms with Gasteiger partial charge in [-0.25, -0.2) is 0 Å². The summed E-state index contributed by atoms with van der Waals surface area (Å²) in [5.41, 5.74) is 6.60. The fraction of sp³-hybridized carbons (Fsp3) is 0.294.